The van der Waals surface area contributed by atoms with Crippen molar-refractivity contribution < 1.29 is 4.74 Å². The Labute approximate surface area is 101 Å². The van der Waals surface area contributed by atoms with Crippen molar-refractivity contribution in [3.05, 3.63) is 30.6 Å². The largest absolute Gasteiger partial charge is 0.397 e. The Bertz CT molecular complexity index is 499. The highest BCUT2D eigenvalue weighted by molar-refractivity contribution is 5.98. The minimum Gasteiger partial charge on any atom is -0.397 e. The molecule has 0 aliphatic carbocycles. The van der Waals surface area contributed by atoms with Gasteiger partial charge in [0.1, 0.15) is 0 Å². The van der Waals surface area contributed by atoms with Crippen molar-refractivity contribution in [2.45, 2.75) is 6.92 Å². The van der Waals surface area contributed by atoms with Crippen LogP contribution in [-0.2, 0) is 4.74 Å². The van der Waals surface area contributed by atoms with Gasteiger partial charge in [0, 0.05) is 36.3 Å². The topological polar surface area (TPSA) is 60.2 Å². The molecule has 2 rings (SSSR count). The van der Waals surface area contributed by atoms with E-state index in [2.05, 4.69) is 10.3 Å². The van der Waals surface area contributed by atoms with Gasteiger partial charge in [0.25, 0.3) is 0 Å². The van der Waals surface area contributed by atoms with Crippen LogP contribution in [0.4, 0.5) is 11.4 Å². The lowest BCUT2D eigenvalue weighted by Crippen LogP contribution is -2.10. The Balaban J connectivity index is 2.15. The summed E-state index contributed by atoms with van der Waals surface area (Å²) in [6.45, 7) is 4.16. The maximum Gasteiger partial charge on any atom is 0.0638 e. The lowest BCUT2D eigenvalue weighted by Gasteiger charge is -2.11. The number of pyridine rings is 1. The first-order valence-electron chi connectivity index (χ1n) is 5.76. The first-order valence-corrected chi connectivity index (χ1v) is 5.76. The van der Waals surface area contributed by atoms with Gasteiger partial charge in [-0.25, -0.2) is 0 Å². The number of rotatable bonds is 5. The molecule has 0 saturated carbocycles. The van der Waals surface area contributed by atoms with Crippen LogP contribution in [0.1, 0.15) is 6.92 Å². The van der Waals surface area contributed by atoms with E-state index in [9.17, 15) is 0 Å². The Morgan fingerprint density at radius 3 is 3.06 bits per heavy atom. The first kappa shape index (κ1) is 11.7. The summed E-state index contributed by atoms with van der Waals surface area (Å²) in [5.74, 6) is 0. The number of fused-ring (bicyclic) bond motifs is 1. The number of nitrogens with one attached hydrogen (secondary N) is 1. The van der Waals surface area contributed by atoms with E-state index in [-0.39, 0.29) is 0 Å². The Hall–Kier alpha value is -1.81. The van der Waals surface area contributed by atoms with Gasteiger partial charge in [0.15, 0.2) is 0 Å². The van der Waals surface area contributed by atoms with Gasteiger partial charge in [-0.3, -0.25) is 4.98 Å². The van der Waals surface area contributed by atoms with Crippen LogP contribution in [0.5, 0.6) is 0 Å². The van der Waals surface area contributed by atoms with E-state index in [1.807, 2.05) is 31.3 Å². The fourth-order valence-electron chi connectivity index (χ4n) is 1.75. The Kier molecular flexibility index (Phi) is 3.77. The number of nitrogens with zero attached hydrogens (tertiary/aromatic N) is 1. The van der Waals surface area contributed by atoms with Crippen LogP contribution in [0.25, 0.3) is 10.8 Å². The van der Waals surface area contributed by atoms with Crippen molar-refractivity contribution in [2.75, 3.05) is 30.8 Å². The summed E-state index contributed by atoms with van der Waals surface area (Å²) in [7, 11) is 0. The molecule has 2 aromatic rings. The van der Waals surface area contributed by atoms with Crippen molar-refractivity contribution in [3.8, 4) is 0 Å². The molecule has 0 aliphatic heterocycles. The maximum absolute atomic E-state index is 6.10. The molecule has 4 nitrogen and oxygen atoms in total. The predicted molar refractivity (Wildman–Crippen MR) is 71.1 cm³/mol. The summed E-state index contributed by atoms with van der Waals surface area (Å²) in [5, 5.41) is 5.35. The van der Waals surface area contributed by atoms with Gasteiger partial charge < -0.3 is 15.8 Å². The molecule has 0 unspecified atom stereocenters. The van der Waals surface area contributed by atoms with Gasteiger partial charge in [-0.05, 0) is 19.1 Å². The molecule has 90 valence electrons. The van der Waals surface area contributed by atoms with Crippen LogP contribution < -0.4 is 11.1 Å². The van der Waals surface area contributed by atoms with E-state index in [0.717, 1.165) is 35.3 Å². The van der Waals surface area contributed by atoms with Crippen molar-refractivity contribution >= 4 is 22.1 Å². The van der Waals surface area contributed by atoms with E-state index < -0.39 is 0 Å². The average Bonchev–Trinajstić information content (AvgIpc) is 2.37. The minimum atomic E-state index is 0.685. The molecule has 1 aromatic carbocycles. The summed E-state index contributed by atoms with van der Waals surface area (Å²) in [5.41, 5.74) is 7.82. The molecule has 0 radical (unpaired) electrons. The van der Waals surface area contributed by atoms with E-state index in [4.69, 9.17) is 10.5 Å². The molecule has 0 atom stereocenters. The molecule has 0 saturated heterocycles. The summed E-state index contributed by atoms with van der Waals surface area (Å²) in [6, 6.07) is 5.92. The number of hydrogen-bond donors (Lipinski definition) is 2. The van der Waals surface area contributed by atoms with Gasteiger partial charge in [-0.15, -0.1) is 0 Å². The van der Waals surface area contributed by atoms with Gasteiger partial charge in [-0.1, -0.05) is 6.07 Å². The average molecular weight is 231 g/mol. The molecular formula is C13H17N3O. The highest BCUT2D eigenvalue weighted by Crippen LogP contribution is 2.27. The third-order valence-corrected chi connectivity index (χ3v) is 2.63. The number of ether oxygens (including phenoxy) is 1. The van der Waals surface area contributed by atoms with Gasteiger partial charge >= 0.3 is 0 Å². The normalized spacial score (nSPS) is 10.6. The van der Waals surface area contributed by atoms with Crippen molar-refractivity contribution in [1.29, 1.82) is 0 Å². The minimum absolute atomic E-state index is 0.685. The van der Waals surface area contributed by atoms with Crippen LogP contribution in [0.2, 0.25) is 0 Å². The quantitative estimate of drug-likeness (QED) is 0.612. The van der Waals surface area contributed by atoms with Gasteiger partial charge in [0.05, 0.1) is 18.0 Å². The van der Waals surface area contributed by atoms with Crippen molar-refractivity contribution in [1.82, 2.24) is 4.98 Å². The third-order valence-electron chi connectivity index (χ3n) is 2.63. The van der Waals surface area contributed by atoms with Crippen molar-refractivity contribution in [3.63, 3.8) is 0 Å². The number of nitrogens with two attached hydrogens (primary N) is 1. The Morgan fingerprint density at radius 2 is 2.24 bits per heavy atom. The Morgan fingerprint density at radius 1 is 1.35 bits per heavy atom. The SMILES string of the molecule is CCOCCNc1ccc2cnccc2c1N. The number of nitrogen functional groups attached to an aromatic ring is 1. The van der Waals surface area contributed by atoms with Crippen LogP contribution >= 0.6 is 0 Å². The summed E-state index contributed by atoms with van der Waals surface area (Å²) in [4.78, 5) is 4.07. The van der Waals surface area contributed by atoms with E-state index in [1.165, 1.54) is 0 Å². The summed E-state index contributed by atoms with van der Waals surface area (Å²) >= 11 is 0. The smallest absolute Gasteiger partial charge is 0.0638 e. The zero-order valence-corrected chi connectivity index (χ0v) is 9.94. The van der Waals surface area contributed by atoms with E-state index in [0.29, 0.717) is 6.61 Å². The molecular weight excluding hydrogens is 214 g/mol. The van der Waals surface area contributed by atoms with Crippen LogP contribution in [0.3, 0.4) is 0 Å². The molecule has 0 amide bonds. The highest BCUT2D eigenvalue weighted by atomic mass is 16.5. The van der Waals surface area contributed by atoms with E-state index in [1.54, 1.807) is 6.20 Å². The number of aromatic nitrogens is 1. The lowest BCUT2D eigenvalue weighted by atomic mass is 10.1. The summed E-state index contributed by atoms with van der Waals surface area (Å²) < 4.78 is 5.27. The monoisotopic (exact) mass is 231 g/mol. The second-order valence-electron chi connectivity index (χ2n) is 3.75. The molecule has 0 spiro atoms. The van der Waals surface area contributed by atoms with Crippen LogP contribution in [-0.4, -0.2) is 24.7 Å². The first-order chi connectivity index (χ1) is 8.33. The number of anilines is 2. The fraction of sp³-hybridized carbons (Fsp3) is 0.308. The lowest BCUT2D eigenvalue weighted by molar-refractivity contribution is 0.158. The molecule has 0 fully saturated rings. The number of benzene rings is 1. The van der Waals surface area contributed by atoms with Crippen LogP contribution in [0.15, 0.2) is 30.6 Å². The molecule has 0 aliphatic rings. The third kappa shape index (κ3) is 2.65. The molecule has 1 heterocycles. The number of hydrogen-bond acceptors (Lipinski definition) is 4. The molecule has 17 heavy (non-hydrogen) atoms. The van der Waals surface area contributed by atoms with E-state index >= 15 is 0 Å². The fourth-order valence-corrected chi connectivity index (χ4v) is 1.75. The van der Waals surface area contributed by atoms with Gasteiger partial charge in [0.2, 0.25) is 0 Å². The molecule has 0 bridgehead atoms. The summed E-state index contributed by atoms with van der Waals surface area (Å²) in [6.07, 6.45) is 3.57. The zero-order valence-electron chi connectivity index (χ0n) is 9.94. The van der Waals surface area contributed by atoms with Crippen molar-refractivity contribution in [2.24, 2.45) is 0 Å². The standard InChI is InChI=1S/C13H17N3O/c1-2-17-8-7-16-12-4-3-10-9-15-6-5-11(10)13(12)14/h3-6,9,16H,2,7-8,14H2,1H3. The second-order valence-corrected chi connectivity index (χ2v) is 3.75. The molecule has 1 aromatic heterocycles. The van der Waals surface area contributed by atoms with Crippen LogP contribution in [0, 0.1) is 0 Å². The maximum atomic E-state index is 6.10. The second kappa shape index (κ2) is 5.50. The highest BCUT2D eigenvalue weighted by Gasteiger charge is 2.03. The molecule has 4 heteroatoms. The molecule has 3 N–H and O–H groups in total. The predicted octanol–water partition coefficient (Wildman–Crippen LogP) is 2.27. The zero-order chi connectivity index (χ0) is 12.1. The van der Waals surface area contributed by atoms with Gasteiger partial charge in [-0.2, -0.15) is 0 Å².